The molecule has 148 valence electrons. The van der Waals surface area contributed by atoms with Gasteiger partial charge in [0.2, 0.25) is 0 Å². The van der Waals surface area contributed by atoms with Crippen LogP contribution in [0.5, 0.6) is 11.5 Å². The number of carbonyl (C=O) groups is 2. The van der Waals surface area contributed by atoms with E-state index < -0.39 is 6.16 Å². The summed E-state index contributed by atoms with van der Waals surface area (Å²) in [6, 6.07) is 19.1. The maximum absolute atomic E-state index is 12.6. The zero-order valence-electron chi connectivity index (χ0n) is 16.1. The average Bonchev–Trinajstić information content (AvgIpc) is 2.63. The van der Waals surface area contributed by atoms with Gasteiger partial charge in [0, 0.05) is 17.4 Å². The van der Waals surface area contributed by atoms with E-state index in [-0.39, 0.29) is 17.3 Å². The molecule has 3 rings (SSSR count). The van der Waals surface area contributed by atoms with Gasteiger partial charge in [0.15, 0.2) is 11.5 Å². The molecule has 1 aliphatic carbocycles. The van der Waals surface area contributed by atoms with Gasteiger partial charge in [-0.3, -0.25) is 4.79 Å². The van der Waals surface area contributed by atoms with E-state index in [0.717, 1.165) is 11.3 Å². The third-order valence-electron chi connectivity index (χ3n) is 4.29. The van der Waals surface area contributed by atoms with E-state index in [4.69, 9.17) is 24.5 Å². The molecule has 0 fully saturated rings. The summed E-state index contributed by atoms with van der Waals surface area (Å²) in [5.74, 6) is 1.89. The highest BCUT2D eigenvalue weighted by atomic mass is 16.6. The first-order valence-electron chi connectivity index (χ1n) is 8.81. The predicted octanol–water partition coefficient (Wildman–Crippen LogP) is 5.01. The zero-order valence-corrected chi connectivity index (χ0v) is 16.1. The van der Waals surface area contributed by atoms with Crippen molar-refractivity contribution in [1.29, 1.82) is 0 Å². The van der Waals surface area contributed by atoms with E-state index in [1.807, 2.05) is 67.6 Å². The number of ether oxygens (including phenoxy) is 2. The molecule has 0 saturated carbocycles. The molecule has 0 spiro atoms. The van der Waals surface area contributed by atoms with Crippen molar-refractivity contribution in [3.8, 4) is 11.5 Å². The first-order chi connectivity index (χ1) is 13.2. The minimum atomic E-state index is -1.83. The number of benzene rings is 2. The molecule has 2 aromatic rings. The second-order valence-electron chi connectivity index (χ2n) is 7.11. The number of Topliss-reactive ketones (excluding diaryl/α,β-unsaturated/α-hetero) is 1. The molecule has 28 heavy (non-hydrogen) atoms. The van der Waals surface area contributed by atoms with Crippen molar-refractivity contribution in [2.75, 3.05) is 0 Å². The molecular formula is C22H24O6. The number of para-hydroxylation sites is 2. The van der Waals surface area contributed by atoms with E-state index >= 15 is 0 Å². The fraction of sp³-hybridized carbons (Fsp3) is 0.273. The van der Waals surface area contributed by atoms with Crippen LogP contribution in [0.4, 0.5) is 4.79 Å². The highest BCUT2D eigenvalue weighted by Crippen LogP contribution is 2.40. The third-order valence-corrected chi connectivity index (χ3v) is 4.29. The van der Waals surface area contributed by atoms with Gasteiger partial charge in [-0.15, -0.1) is 0 Å². The van der Waals surface area contributed by atoms with Crippen LogP contribution in [0.15, 0.2) is 72.0 Å². The Labute approximate surface area is 164 Å². The zero-order chi connectivity index (χ0) is 20.7. The lowest BCUT2D eigenvalue weighted by atomic mass is 9.73. The van der Waals surface area contributed by atoms with Gasteiger partial charge in [0.1, 0.15) is 17.6 Å². The Bertz CT molecular complexity index is 836. The number of hydrogen-bond donors (Lipinski definition) is 2. The Morgan fingerprint density at radius 3 is 1.93 bits per heavy atom. The number of carbonyl (C=O) groups excluding carboxylic acids is 1. The van der Waals surface area contributed by atoms with Crippen LogP contribution in [-0.4, -0.2) is 28.3 Å². The minimum Gasteiger partial charge on any atom is -0.485 e. The quantitative estimate of drug-likeness (QED) is 0.770. The van der Waals surface area contributed by atoms with Gasteiger partial charge in [-0.1, -0.05) is 50.2 Å². The first-order valence-corrected chi connectivity index (χ1v) is 8.81. The molecule has 1 atom stereocenters. The summed E-state index contributed by atoms with van der Waals surface area (Å²) in [4.78, 5) is 21.1. The Kier molecular flexibility index (Phi) is 6.82. The Morgan fingerprint density at radius 1 is 0.964 bits per heavy atom. The molecule has 2 N–H and O–H groups in total. The van der Waals surface area contributed by atoms with Gasteiger partial charge in [-0.2, -0.15) is 0 Å². The van der Waals surface area contributed by atoms with Gasteiger partial charge in [0.25, 0.3) is 0 Å². The largest absolute Gasteiger partial charge is 0.503 e. The van der Waals surface area contributed by atoms with Crippen LogP contribution in [0.25, 0.3) is 0 Å². The molecule has 0 aromatic heterocycles. The maximum atomic E-state index is 12.6. The van der Waals surface area contributed by atoms with Crippen molar-refractivity contribution in [3.63, 3.8) is 0 Å². The minimum absolute atomic E-state index is 0.0225. The topological polar surface area (TPSA) is 93.1 Å². The van der Waals surface area contributed by atoms with Crippen LogP contribution in [0.3, 0.4) is 0 Å². The summed E-state index contributed by atoms with van der Waals surface area (Å²) in [5, 5.41) is 13.9. The Hall–Kier alpha value is -3.28. The molecule has 0 saturated heterocycles. The van der Waals surface area contributed by atoms with Crippen molar-refractivity contribution < 1.29 is 29.3 Å². The van der Waals surface area contributed by atoms with Crippen LogP contribution in [0, 0.1) is 5.41 Å². The maximum Gasteiger partial charge on any atom is 0.503 e. The van der Waals surface area contributed by atoms with Crippen LogP contribution in [-0.2, 0) is 4.79 Å². The van der Waals surface area contributed by atoms with Crippen molar-refractivity contribution in [3.05, 3.63) is 72.0 Å². The second-order valence-corrected chi connectivity index (χ2v) is 7.11. The van der Waals surface area contributed by atoms with E-state index in [2.05, 4.69) is 13.8 Å². The first kappa shape index (κ1) is 21.0. The molecule has 6 heteroatoms. The molecule has 0 radical (unpaired) electrons. The van der Waals surface area contributed by atoms with E-state index in [1.54, 1.807) is 0 Å². The van der Waals surface area contributed by atoms with Gasteiger partial charge >= 0.3 is 6.16 Å². The third kappa shape index (κ3) is 5.61. The molecule has 1 unspecified atom stereocenters. The summed E-state index contributed by atoms with van der Waals surface area (Å²) in [6.07, 6.45) is -1.65. The number of allylic oxidation sites excluding steroid dienone is 1. The van der Waals surface area contributed by atoms with E-state index in [9.17, 15) is 4.79 Å². The van der Waals surface area contributed by atoms with Crippen LogP contribution >= 0.6 is 0 Å². The number of ketones is 1. The molecule has 0 amide bonds. The standard InChI is InChI=1S/C21H22O3.CH2O3/c1-15-19(23-16-10-6-4-7-11-16)18(22)14-21(2,3)20(15)24-17-12-8-5-9-13-17;2-1(3)4/h4-13,20H,14H2,1-3H3;(H2,2,3,4). The van der Waals surface area contributed by atoms with Gasteiger partial charge in [-0.25, -0.2) is 4.79 Å². The number of rotatable bonds is 4. The molecule has 0 aliphatic heterocycles. The second kappa shape index (κ2) is 9.08. The highest BCUT2D eigenvalue weighted by molar-refractivity contribution is 5.96. The monoisotopic (exact) mass is 384 g/mol. The summed E-state index contributed by atoms with van der Waals surface area (Å²) >= 11 is 0. The SMILES string of the molecule is CC1=C(Oc2ccccc2)C(=O)CC(C)(C)C1Oc1ccccc1.O=C(O)O. The lowest BCUT2D eigenvalue weighted by Gasteiger charge is -2.39. The molecule has 2 aromatic carbocycles. The average molecular weight is 384 g/mol. The van der Waals surface area contributed by atoms with E-state index in [1.165, 1.54) is 0 Å². The Morgan fingerprint density at radius 2 is 1.43 bits per heavy atom. The number of hydrogen-bond acceptors (Lipinski definition) is 4. The van der Waals surface area contributed by atoms with Crippen LogP contribution in [0.1, 0.15) is 27.2 Å². The van der Waals surface area contributed by atoms with E-state index in [0.29, 0.717) is 17.9 Å². The van der Waals surface area contributed by atoms with Gasteiger partial charge < -0.3 is 19.7 Å². The van der Waals surface area contributed by atoms with Crippen molar-refractivity contribution in [1.82, 2.24) is 0 Å². The lowest BCUT2D eigenvalue weighted by molar-refractivity contribution is -0.122. The summed E-state index contributed by atoms with van der Waals surface area (Å²) < 4.78 is 12.1. The van der Waals surface area contributed by atoms with Crippen molar-refractivity contribution in [2.45, 2.75) is 33.3 Å². The fourth-order valence-corrected chi connectivity index (χ4v) is 3.14. The Balaban J connectivity index is 0.000000640. The molecule has 0 bridgehead atoms. The number of carboxylic acid groups (broad SMARTS) is 2. The molecular weight excluding hydrogens is 360 g/mol. The predicted molar refractivity (Wildman–Crippen MR) is 105 cm³/mol. The summed E-state index contributed by atoms with van der Waals surface area (Å²) in [7, 11) is 0. The molecule has 0 heterocycles. The normalized spacial score (nSPS) is 18.0. The molecule has 6 nitrogen and oxygen atoms in total. The molecule has 1 aliphatic rings. The van der Waals surface area contributed by atoms with Crippen molar-refractivity contribution in [2.24, 2.45) is 5.41 Å². The smallest absolute Gasteiger partial charge is 0.485 e. The summed E-state index contributed by atoms with van der Waals surface area (Å²) in [6.45, 7) is 6.04. The van der Waals surface area contributed by atoms with Gasteiger partial charge in [0.05, 0.1) is 0 Å². The van der Waals surface area contributed by atoms with Crippen LogP contribution in [0.2, 0.25) is 0 Å². The fourth-order valence-electron chi connectivity index (χ4n) is 3.14. The summed E-state index contributed by atoms with van der Waals surface area (Å²) in [5.41, 5.74) is 0.546. The lowest BCUT2D eigenvalue weighted by Crippen LogP contribution is -2.43. The van der Waals surface area contributed by atoms with Crippen LogP contribution < -0.4 is 9.47 Å². The van der Waals surface area contributed by atoms with Crippen molar-refractivity contribution >= 4 is 11.9 Å². The van der Waals surface area contributed by atoms with Gasteiger partial charge in [-0.05, 0) is 31.2 Å². The highest BCUT2D eigenvalue weighted by Gasteiger charge is 2.42.